The Balaban J connectivity index is 3.57. The van der Waals surface area contributed by atoms with Crippen molar-refractivity contribution in [1.29, 1.82) is 0 Å². The molecular formula is C15H18F4O2. The summed E-state index contributed by atoms with van der Waals surface area (Å²) in [6.07, 6.45) is -0.478. The maximum atomic E-state index is 12.7. The second-order valence-electron chi connectivity index (χ2n) is 4.59. The Kier molecular flexibility index (Phi) is 7.19. The van der Waals surface area contributed by atoms with Gasteiger partial charge in [-0.1, -0.05) is 6.07 Å². The quantitative estimate of drug-likeness (QED) is 0.710. The average molecular weight is 306 g/mol. The Labute approximate surface area is 120 Å². The molecule has 1 rings (SSSR count). The number of hydrogen-bond donors (Lipinski definition) is 1. The molecule has 118 valence electrons. The average Bonchev–Trinajstić information content (AvgIpc) is 2.43. The third kappa shape index (κ3) is 4.19. The fraction of sp³-hybridized carbons (Fsp3) is 0.533. The third-order valence-corrected chi connectivity index (χ3v) is 3.36. The van der Waals surface area contributed by atoms with Gasteiger partial charge in [0, 0.05) is 25.7 Å². The predicted octanol–water partition coefficient (Wildman–Crippen LogP) is 3.43. The van der Waals surface area contributed by atoms with Gasteiger partial charge in [-0.15, -0.1) is 0 Å². The van der Waals surface area contributed by atoms with E-state index in [9.17, 15) is 27.5 Å². The van der Waals surface area contributed by atoms with Gasteiger partial charge in [-0.3, -0.25) is 17.6 Å². The summed E-state index contributed by atoms with van der Waals surface area (Å²) in [4.78, 5) is 11.5. The van der Waals surface area contributed by atoms with Crippen LogP contribution in [0.3, 0.4) is 0 Å². The van der Waals surface area contributed by atoms with Crippen molar-refractivity contribution in [1.82, 2.24) is 0 Å². The van der Waals surface area contributed by atoms with E-state index < -0.39 is 32.7 Å². The number of carbonyl (C=O) groups is 1. The van der Waals surface area contributed by atoms with E-state index in [1.165, 1.54) is 6.07 Å². The number of carboxylic acids is 1. The minimum Gasteiger partial charge on any atom is -0.478 e. The lowest BCUT2D eigenvalue weighted by molar-refractivity contribution is 0.0694. The summed E-state index contributed by atoms with van der Waals surface area (Å²) in [7, 11) is 0. The number of benzene rings is 1. The lowest BCUT2D eigenvalue weighted by Crippen LogP contribution is -2.15. The maximum absolute atomic E-state index is 12.7. The van der Waals surface area contributed by atoms with Crippen LogP contribution in [0.25, 0.3) is 0 Å². The molecule has 0 unspecified atom stereocenters. The molecule has 6 heteroatoms. The zero-order valence-electron chi connectivity index (χ0n) is 11.6. The number of halogens is 4. The number of alkyl halides is 4. The Hall–Kier alpha value is -1.59. The topological polar surface area (TPSA) is 37.3 Å². The Bertz CT molecular complexity index is 455. The molecule has 0 radical (unpaired) electrons. The Morgan fingerprint density at radius 2 is 1.19 bits per heavy atom. The molecule has 0 saturated carbocycles. The smallest absolute Gasteiger partial charge is 0.336 e. The number of carboxylic acid groups (broad SMARTS) is 1. The van der Waals surface area contributed by atoms with Crippen LogP contribution in [0, 0.1) is 0 Å². The van der Waals surface area contributed by atoms with Crippen LogP contribution in [0.4, 0.5) is 17.6 Å². The third-order valence-electron chi connectivity index (χ3n) is 3.36. The highest BCUT2D eigenvalue weighted by molar-refractivity contribution is 5.92. The van der Waals surface area contributed by atoms with Gasteiger partial charge in [-0.05, 0) is 22.3 Å². The van der Waals surface area contributed by atoms with Crippen LogP contribution in [-0.2, 0) is 25.7 Å². The standard InChI is InChI=1S/C15H18F4O2/c16-5-1-10-9-11(2-6-17)13(4-8-19)14(15(20)21)12(10)3-7-18/h9H,1-8H2,(H,20,21). The van der Waals surface area contributed by atoms with E-state index in [2.05, 4.69) is 0 Å². The Morgan fingerprint density at radius 3 is 1.48 bits per heavy atom. The molecule has 0 saturated heterocycles. The fourth-order valence-corrected chi connectivity index (χ4v) is 2.56. The van der Waals surface area contributed by atoms with Gasteiger partial charge in [0.15, 0.2) is 0 Å². The van der Waals surface area contributed by atoms with Crippen molar-refractivity contribution in [2.75, 3.05) is 26.7 Å². The molecule has 1 aromatic rings. The SMILES string of the molecule is O=C(O)c1c(CCF)c(CCF)cc(CCF)c1CCF. The van der Waals surface area contributed by atoms with Crippen LogP contribution in [0.15, 0.2) is 6.07 Å². The summed E-state index contributed by atoms with van der Waals surface area (Å²) < 4.78 is 50.6. The summed E-state index contributed by atoms with van der Waals surface area (Å²) in [6, 6.07) is 1.49. The molecule has 0 fully saturated rings. The predicted molar refractivity (Wildman–Crippen MR) is 72.1 cm³/mol. The van der Waals surface area contributed by atoms with Gasteiger partial charge < -0.3 is 5.11 Å². The van der Waals surface area contributed by atoms with Crippen LogP contribution < -0.4 is 0 Å². The molecule has 0 bridgehead atoms. The van der Waals surface area contributed by atoms with E-state index in [0.717, 1.165) is 0 Å². The molecule has 0 aliphatic rings. The van der Waals surface area contributed by atoms with Crippen molar-refractivity contribution < 1.29 is 27.5 Å². The summed E-state index contributed by atoms with van der Waals surface area (Å²) >= 11 is 0. The minimum absolute atomic E-state index is 0.0647. The summed E-state index contributed by atoms with van der Waals surface area (Å²) in [5.74, 6) is -1.32. The lowest BCUT2D eigenvalue weighted by Gasteiger charge is -2.19. The molecule has 1 N–H and O–H groups in total. The monoisotopic (exact) mass is 306 g/mol. The van der Waals surface area contributed by atoms with Crippen LogP contribution in [-0.4, -0.2) is 37.8 Å². The Morgan fingerprint density at radius 1 is 0.810 bits per heavy atom. The lowest BCUT2D eigenvalue weighted by atomic mass is 9.86. The van der Waals surface area contributed by atoms with Gasteiger partial charge in [0.1, 0.15) is 0 Å². The van der Waals surface area contributed by atoms with Crippen molar-refractivity contribution in [3.63, 3.8) is 0 Å². The van der Waals surface area contributed by atoms with Gasteiger partial charge in [-0.25, -0.2) is 4.79 Å². The first-order valence-electron chi connectivity index (χ1n) is 6.74. The van der Waals surface area contributed by atoms with Gasteiger partial charge in [0.05, 0.1) is 32.3 Å². The summed E-state index contributed by atoms with van der Waals surface area (Å²) in [5, 5.41) is 9.35. The van der Waals surface area contributed by atoms with Crippen molar-refractivity contribution in [2.45, 2.75) is 25.7 Å². The minimum atomic E-state index is -1.32. The van der Waals surface area contributed by atoms with Gasteiger partial charge >= 0.3 is 5.97 Å². The van der Waals surface area contributed by atoms with Crippen molar-refractivity contribution in [3.05, 3.63) is 33.9 Å². The highest BCUT2D eigenvalue weighted by Crippen LogP contribution is 2.27. The van der Waals surface area contributed by atoms with E-state index in [1.807, 2.05) is 0 Å². The zero-order valence-corrected chi connectivity index (χ0v) is 11.6. The first-order chi connectivity index (χ1) is 10.1. The van der Waals surface area contributed by atoms with E-state index >= 15 is 0 Å². The van der Waals surface area contributed by atoms with E-state index in [0.29, 0.717) is 11.1 Å². The highest BCUT2D eigenvalue weighted by atomic mass is 19.1. The first kappa shape index (κ1) is 17.5. The maximum Gasteiger partial charge on any atom is 0.336 e. The van der Waals surface area contributed by atoms with Crippen LogP contribution in [0.1, 0.15) is 32.6 Å². The molecule has 21 heavy (non-hydrogen) atoms. The van der Waals surface area contributed by atoms with Gasteiger partial charge in [0.25, 0.3) is 0 Å². The molecule has 0 amide bonds. The number of aryl methyl sites for hydroxylation is 2. The van der Waals surface area contributed by atoms with Crippen molar-refractivity contribution in [2.24, 2.45) is 0 Å². The van der Waals surface area contributed by atoms with Gasteiger partial charge in [-0.2, -0.15) is 0 Å². The molecule has 0 atom stereocenters. The number of hydrogen-bond acceptors (Lipinski definition) is 1. The normalized spacial score (nSPS) is 10.9. The zero-order chi connectivity index (χ0) is 15.8. The number of aromatic carboxylic acids is 1. The summed E-state index contributed by atoms with van der Waals surface area (Å²) in [6.45, 7) is -3.04. The highest BCUT2D eigenvalue weighted by Gasteiger charge is 2.22. The summed E-state index contributed by atoms with van der Waals surface area (Å²) in [5.41, 5.74) is 0.902. The second-order valence-corrected chi connectivity index (χ2v) is 4.59. The number of rotatable bonds is 9. The van der Waals surface area contributed by atoms with E-state index in [4.69, 9.17) is 0 Å². The van der Waals surface area contributed by atoms with Crippen molar-refractivity contribution >= 4 is 5.97 Å². The van der Waals surface area contributed by atoms with Crippen molar-refractivity contribution in [3.8, 4) is 0 Å². The first-order valence-corrected chi connectivity index (χ1v) is 6.74. The van der Waals surface area contributed by atoms with Crippen LogP contribution in [0.5, 0.6) is 0 Å². The molecule has 1 aromatic carbocycles. The molecule has 0 spiro atoms. The molecule has 0 aliphatic heterocycles. The van der Waals surface area contributed by atoms with E-state index in [1.54, 1.807) is 0 Å². The molecular weight excluding hydrogens is 288 g/mol. The molecule has 0 aliphatic carbocycles. The van der Waals surface area contributed by atoms with Crippen LogP contribution >= 0.6 is 0 Å². The second kappa shape index (κ2) is 8.64. The largest absolute Gasteiger partial charge is 0.478 e. The van der Waals surface area contributed by atoms with Gasteiger partial charge in [0.2, 0.25) is 0 Å². The molecule has 2 nitrogen and oxygen atoms in total. The van der Waals surface area contributed by atoms with Crippen LogP contribution in [0.2, 0.25) is 0 Å². The molecule has 0 heterocycles. The van der Waals surface area contributed by atoms with E-state index in [-0.39, 0.29) is 42.4 Å². The molecule has 0 aromatic heterocycles. The fourth-order valence-electron chi connectivity index (χ4n) is 2.56.